The van der Waals surface area contributed by atoms with Crippen LogP contribution < -0.4 is 22.9 Å². The number of benzene rings is 4. The molecule has 198 valence electrons. The third-order valence-corrected chi connectivity index (χ3v) is 7.72. The molecule has 0 heterocycles. The van der Waals surface area contributed by atoms with Crippen molar-refractivity contribution in [3.63, 3.8) is 0 Å². The van der Waals surface area contributed by atoms with Crippen LogP contribution in [0.5, 0.6) is 0 Å². The SMILES string of the molecule is CCCC(CCCCC(c1ccc(N)cc1)c1ccc(N)cc1)C(c1ccc(N)cc1)c1ccc(N)cc1. The van der Waals surface area contributed by atoms with Crippen LogP contribution in [-0.2, 0) is 0 Å². The Labute approximate surface area is 228 Å². The normalized spacial score (nSPS) is 12.2. The van der Waals surface area contributed by atoms with Gasteiger partial charge in [-0.05, 0) is 96.0 Å². The maximum Gasteiger partial charge on any atom is 0.0314 e. The van der Waals surface area contributed by atoms with Gasteiger partial charge in [0, 0.05) is 34.6 Å². The third kappa shape index (κ3) is 7.10. The molecule has 0 amide bonds. The van der Waals surface area contributed by atoms with Crippen LogP contribution in [0.4, 0.5) is 22.7 Å². The molecular weight excluding hydrogens is 464 g/mol. The lowest BCUT2D eigenvalue weighted by atomic mass is 9.76. The number of hydrogen-bond acceptors (Lipinski definition) is 4. The maximum atomic E-state index is 6.03. The standard InChI is InChI=1S/C34H42N4/c1-2-5-26(34(27-12-20-31(37)21-13-27)28-14-22-32(38)23-15-28)6-3-4-7-33(24-8-16-29(35)17-9-24)25-10-18-30(36)19-11-25/h8-23,26,33-34H,2-7,35-38H2,1H3. The molecule has 4 heteroatoms. The molecule has 0 saturated carbocycles. The van der Waals surface area contributed by atoms with E-state index in [0.29, 0.717) is 17.8 Å². The van der Waals surface area contributed by atoms with Gasteiger partial charge in [-0.1, -0.05) is 74.7 Å². The largest absolute Gasteiger partial charge is 0.399 e. The number of anilines is 4. The molecule has 38 heavy (non-hydrogen) atoms. The van der Waals surface area contributed by atoms with Crippen LogP contribution in [0.2, 0.25) is 0 Å². The van der Waals surface area contributed by atoms with Crippen LogP contribution in [-0.4, -0.2) is 0 Å². The second-order valence-electron chi connectivity index (χ2n) is 10.5. The van der Waals surface area contributed by atoms with Gasteiger partial charge in [-0.3, -0.25) is 0 Å². The second-order valence-corrected chi connectivity index (χ2v) is 10.5. The van der Waals surface area contributed by atoms with E-state index < -0.39 is 0 Å². The van der Waals surface area contributed by atoms with Gasteiger partial charge in [-0.2, -0.15) is 0 Å². The first-order chi connectivity index (χ1) is 18.4. The fourth-order valence-corrected chi connectivity index (χ4v) is 5.73. The first-order valence-corrected chi connectivity index (χ1v) is 13.9. The molecule has 0 aromatic heterocycles. The minimum absolute atomic E-state index is 0.321. The number of hydrogen-bond donors (Lipinski definition) is 4. The van der Waals surface area contributed by atoms with Gasteiger partial charge < -0.3 is 22.9 Å². The molecule has 0 saturated heterocycles. The van der Waals surface area contributed by atoms with E-state index in [9.17, 15) is 0 Å². The predicted octanol–water partition coefficient (Wildman–Crippen LogP) is 7.96. The van der Waals surface area contributed by atoms with Gasteiger partial charge in [0.1, 0.15) is 0 Å². The molecule has 0 aliphatic rings. The highest BCUT2D eigenvalue weighted by molar-refractivity contribution is 5.47. The summed E-state index contributed by atoms with van der Waals surface area (Å²) in [6, 6.07) is 33.5. The molecule has 4 aromatic rings. The molecular formula is C34H42N4. The lowest BCUT2D eigenvalue weighted by Gasteiger charge is -2.29. The van der Waals surface area contributed by atoms with Crippen molar-refractivity contribution < 1.29 is 0 Å². The zero-order chi connectivity index (χ0) is 26.9. The summed E-state index contributed by atoms with van der Waals surface area (Å²) in [4.78, 5) is 0. The van der Waals surface area contributed by atoms with Crippen LogP contribution in [0.3, 0.4) is 0 Å². The Kier molecular flexibility index (Phi) is 9.31. The first kappa shape index (κ1) is 27.1. The van der Waals surface area contributed by atoms with Crippen molar-refractivity contribution in [1.29, 1.82) is 0 Å². The Bertz CT molecular complexity index is 1160. The van der Waals surface area contributed by atoms with Crippen LogP contribution >= 0.6 is 0 Å². The van der Waals surface area contributed by atoms with Gasteiger partial charge in [0.2, 0.25) is 0 Å². The number of rotatable bonds is 12. The number of nitrogen functional groups attached to an aromatic ring is 4. The van der Waals surface area contributed by atoms with E-state index in [1.165, 1.54) is 41.5 Å². The van der Waals surface area contributed by atoms with Crippen molar-refractivity contribution in [2.75, 3.05) is 22.9 Å². The number of nitrogens with two attached hydrogens (primary N) is 4. The highest BCUT2D eigenvalue weighted by Gasteiger charge is 2.25. The first-order valence-electron chi connectivity index (χ1n) is 13.9. The fourth-order valence-electron chi connectivity index (χ4n) is 5.73. The van der Waals surface area contributed by atoms with Gasteiger partial charge in [0.15, 0.2) is 0 Å². The highest BCUT2D eigenvalue weighted by atomic mass is 14.6. The minimum atomic E-state index is 0.321. The summed E-state index contributed by atoms with van der Waals surface area (Å²) in [6.45, 7) is 2.29. The van der Waals surface area contributed by atoms with Crippen LogP contribution in [0.15, 0.2) is 97.1 Å². The van der Waals surface area contributed by atoms with Crippen molar-refractivity contribution in [3.8, 4) is 0 Å². The molecule has 1 unspecified atom stereocenters. The van der Waals surface area contributed by atoms with Crippen molar-refractivity contribution in [1.82, 2.24) is 0 Å². The van der Waals surface area contributed by atoms with Gasteiger partial charge in [-0.15, -0.1) is 0 Å². The molecule has 4 nitrogen and oxygen atoms in total. The van der Waals surface area contributed by atoms with Crippen molar-refractivity contribution in [2.45, 2.75) is 57.3 Å². The van der Waals surface area contributed by atoms with Crippen molar-refractivity contribution in [2.24, 2.45) is 5.92 Å². The number of unbranched alkanes of at least 4 members (excludes halogenated alkanes) is 1. The predicted molar refractivity (Wildman–Crippen MR) is 164 cm³/mol. The van der Waals surface area contributed by atoms with E-state index in [0.717, 1.165) is 42.0 Å². The van der Waals surface area contributed by atoms with E-state index in [2.05, 4.69) is 55.5 Å². The van der Waals surface area contributed by atoms with Crippen LogP contribution in [0.25, 0.3) is 0 Å². The second kappa shape index (κ2) is 13.0. The molecule has 4 aromatic carbocycles. The van der Waals surface area contributed by atoms with E-state index in [1.807, 2.05) is 48.5 Å². The summed E-state index contributed by atoms with van der Waals surface area (Å²) in [5, 5.41) is 0. The average Bonchev–Trinajstić information content (AvgIpc) is 2.92. The highest BCUT2D eigenvalue weighted by Crippen LogP contribution is 2.39. The molecule has 0 fully saturated rings. The zero-order valence-electron chi connectivity index (χ0n) is 22.5. The minimum Gasteiger partial charge on any atom is -0.399 e. The Balaban J connectivity index is 1.51. The summed E-state index contributed by atoms with van der Waals surface area (Å²) < 4.78 is 0. The smallest absolute Gasteiger partial charge is 0.0314 e. The zero-order valence-corrected chi connectivity index (χ0v) is 22.5. The summed E-state index contributed by atoms with van der Waals surface area (Å²) >= 11 is 0. The average molecular weight is 507 g/mol. The maximum absolute atomic E-state index is 6.03. The lowest BCUT2D eigenvalue weighted by molar-refractivity contribution is 0.380. The Morgan fingerprint density at radius 2 is 0.789 bits per heavy atom. The monoisotopic (exact) mass is 506 g/mol. The van der Waals surface area contributed by atoms with E-state index in [-0.39, 0.29) is 0 Å². The molecule has 0 bridgehead atoms. The van der Waals surface area contributed by atoms with Crippen LogP contribution in [0.1, 0.15) is 79.5 Å². The molecule has 0 aliphatic carbocycles. The van der Waals surface area contributed by atoms with Gasteiger partial charge in [0.05, 0.1) is 0 Å². The molecule has 0 radical (unpaired) electrons. The molecule has 1 atom stereocenters. The Hall–Kier alpha value is -3.92. The summed E-state index contributed by atoms with van der Waals surface area (Å²) in [6.07, 6.45) is 6.91. The topological polar surface area (TPSA) is 104 Å². The Morgan fingerprint density at radius 1 is 0.447 bits per heavy atom. The fraction of sp³-hybridized carbons (Fsp3) is 0.294. The lowest BCUT2D eigenvalue weighted by Crippen LogP contribution is -2.15. The van der Waals surface area contributed by atoms with Crippen molar-refractivity contribution >= 4 is 22.7 Å². The third-order valence-electron chi connectivity index (χ3n) is 7.72. The van der Waals surface area contributed by atoms with E-state index >= 15 is 0 Å². The molecule has 8 N–H and O–H groups in total. The quantitative estimate of drug-likeness (QED) is 0.116. The molecule has 0 aliphatic heterocycles. The Morgan fingerprint density at radius 3 is 1.16 bits per heavy atom. The van der Waals surface area contributed by atoms with Crippen molar-refractivity contribution in [3.05, 3.63) is 119 Å². The van der Waals surface area contributed by atoms with E-state index in [1.54, 1.807) is 0 Å². The molecule has 4 rings (SSSR count). The van der Waals surface area contributed by atoms with Gasteiger partial charge in [0.25, 0.3) is 0 Å². The van der Waals surface area contributed by atoms with Gasteiger partial charge >= 0.3 is 0 Å². The van der Waals surface area contributed by atoms with Crippen LogP contribution in [0, 0.1) is 5.92 Å². The summed E-state index contributed by atoms with van der Waals surface area (Å²) in [7, 11) is 0. The summed E-state index contributed by atoms with van der Waals surface area (Å²) in [5.74, 6) is 1.19. The van der Waals surface area contributed by atoms with Gasteiger partial charge in [-0.25, -0.2) is 0 Å². The van der Waals surface area contributed by atoms with E-state index in [4.69, 9.17) is 22.9 Å². The summed E-state index contributed by atoms with van der Waals surface area (Å²) in [5.41, 5.74) is 32.5. The molecule has 0 spiro atoms.